The number of benzene rings is 2. The molecule has 0 saturated carbocycles. The molecule has 0 saturated heterocycles. The maximum Gasteiger partial charge on any atom is 0.260 e. The molecule has 0 fully saturated rings. The van der Waals surface area contributed by atoms with Crippen molar-refractivity contribution in [1.82, 2.24) is 15.1 Å². The summed E-state index contributed by atoms with van der Waals surface area (Å²) >= 11 is 3.14. The second-order valence-electron chi connectivity index (χ2n) is 6.52. The predicted molar refractivity (Wildman–Crippen MR) is 117 cm³/mol. The molecule has 0 N–H and O–H groups in total. The number of carbonyl (C=O) groups excluding carboxylic acids is 1. The van der Waals surface area contributed by atoms with E-state index in [-0.39, 0.29) is 5.91 Å². The van der Waals surface area contributed by atoms with Crippen LogP contribution in [0.1, 0.15) is 34.6 Å². The number of hydrogen-bond acceptors (Lipinski definition) is 7. The van der Waals surface area contributed by atoms with Crippen LogP contribution in [0.5, 0.6) is 0 Å². The van der Waals surface area contributed by atoms with Crippen molar-refractivity contribution in [2.45, 2.75) is 31.4 Å². The number of thiazole rings is 1. The SMILES string of the molecule is CCN(C(=O)c1ccc(SCc2nc(C)no2)cc1)c1nc2c(C)cccc2s1. The number of para-hydroxylation sites is 1. The van der Waals surface area contributed by atoms with Gasteiger partial charge in [-0.25, -0.2) is 4.98 Å². The number of carbonyl (C=O) groups is 1. The first-order valence-corrected chi connectivity index (χ1v) is 11.1. The van der Waals surface area contributed by atoms with Crippen molar-refractivity contribution in [3.05, 3.63) is 65.3 Å². The van der Waals surface area contributed by atoms with E-state index in [2.05, 4.69) is 10.1 Å². The molecule has 0 aliphatic heterocycles. The van der Waals surface area contributed by atoms with Gasteiger partial charge in [0.05, 0.1) is 16.0 Å². The van der Waals surface area contributed by atoms with Gasteiger partial charge in [-0.1, -0.05) is 28.6 Å². The molecule has 0 radical (unpaired) electrons. The predicted octanol–water partition coefficient (Wildman–Crippen LogP) is 5.26. The van der Waals surface area contributed by atoms with Crippen LogP contribution in [0.3, 0.4) is 0 Å². The molecule has 6 nitrogen and oxygen atoms in total. The summed E-state index contributed by atoms with van der Waals surface area (Å²) in [6.45, 7) is 6.36. The standard InChI is InChI=1S/C21H20N4O2S2/c1-4-25(21-23-19-13(2)6-5-7-17(19)29-21)20(26)15-8-10-16(11-9-15)28-12-18-22-14(3)24-27-18/h5-11H,4,12H2,1-3H3. The minimum atomic E-state index is -0.0479. The van der Waals surface area contributed by atoms with E-state index in [1.165, 1.54) is 0 Å². The lowest BCUT2D eigenvalue weighted by molar-refractivity contribution is 0.0988. The summed E-state index contributed by atoms with van der Waals surface area (Å²) in [4.78, 5) is 24.8. The fourth-order valence-electron chi connectivity index (χ4n) is 2.95. The summed E-state index contributed by atoms with van der Waals surface area (Å²) < 4.78 is 6.22. The average molecular weight is 425 g/mol. The van der Waals surface area contributed by atoms with Crippen molar-refractivity contribution in [1.29, 1.82) is 0 Å². The molecule has 0 aliphatic rings. The van der Waals surface area contributed by atoms with Crippen molar-refractivity contribution in [2.75, 3.05) is 11.4 Å². The van der Waals surface area contributed by atoms with Crippen molar-refractivity contribution in [3.63, 3.8) is 0 Å². The Morgan fingerprint density at radius 3 is 2.59 bits per heavy atom. The van der Waals surface area contributed by atoms with E-state index in [0.29, 0.717) is 29.6 Å². The van der Waals surface area contributed by atoms with Crippen LogP contribution in [-0.4, -0.2) is 27.6 Å². The van der Waals surface area contributed by atoms with Gasteiger partial charge in [0.2, 0.25) is 5.89 Å². The summed E-state index contributed by atoms with van der Waals surface area (Å²) in [6.07, 6.45) is 0. The van der Waals surface area contributed by atoms with Gasteiger partial charge >= 0.3 is 0 Å². The number of aromatic nitrogens is 3. The first-order chi connectivity index (χ1) is 14.0. The first-order valence-electron chi connectivity index (χ1n) is 9.25. The number of nitrogens with zero attached hydrogens (tertiary/aromatic N) is 4. The zero-order chi connectivity index (χ0) is 20.4. The number of anilines is 1. The van der Waals surface area contributed by atoms with Crippen LogP contribution in [0.25, 0.3) is 10.2 Å². The van der Waals surface area contributed by atoms with E-state index < -0.39 is 0 Å². The Kier molecular flexibility index (Phi) is 5.64. The quantitative estimate of drug-likeness (QED) is 0.393. The van der Waals surface area contributed by atoms with Crippen LogP contribution in [0.15, 0.2) is 51.9 Å². The van der Waals surface area contributed by atoms with Gasteiger partial charge in [-0.3, -0.25) is 9.69 Å². The molecule has 4 rings (SSSR count). The number of fused-ring (bicyclic) bond motifs is 1. The molecule has 2 aromatic heterocycles. The minimum Gasteiger partial charge on any atom is -0.338 e. The van der Waals surface area contributed by atoms with Gasteiger partial charge in [-0.15, -0.1) is 11.8 Å². The lowest BCUT2D eigenvalue weighted by atomic mass is 10.2. The highest BCUT2D eigenvalue weighted by Gasteiger charge is 2.20. The van der Waals surface area contributed by atoms with Crippen molar-refractivity contribution < 1.29 is 9.32 Å². The second kappa shape index (κ2) is 8.34. The van der Waals surface area contributed by atoms with E-state index in [4.69, 9.17) is 9.51 Å². The van der Waals surface area contributed by atoms with Gasteiger partial charge in [0.25, 0.3) is 5.91 Å². The van der Waals surface area contributed by atoms with E-state index >= 15 is 0 Å². The van der Waals surface area contributed by atoms with Gasteiger partial charge in [-0.2, -0.15) is 4.98 Å². The van der Waals surface area contributed by atoms with Gasteiger partial charge in [0.1, 0.15) is 0 Å². The third-order valence-corrected chi connectivity index (χ3v) is 6.48. The van der Waals surface area contributed by atoms with E-state index in [1.54, 1.807) is 34.9 Å². The number of aryl methyl sites for hydroxylation is 2. The Morgan fingerprint density at radius 1 is 1.14 bits per heavy atom. The Bertz CT molecular complexity index is 1150. The molecular formula is C21H20N4O2S2. The van der Waals surface area contributed by atoms with E-state index in [1.807, 2.05) is 56.3 Å². The van der Waals surface area contributed by atoms with Crippen LogP contribution in [0, 0.1) is 13.8 Å². The Balaban J connectivity index is 1.50. The molecule has 0 spiro atoms. The summed E-state index contributed by atoms with van der Waals surface area (Å²) in [5, 5.41) is 4.52. The summed E-state index contributed by atoms with van der Waals surface area (Å²) in [6, 6.07) is 13.7. The van der Waals surface area contributed by atoms with Crippen molar-refractivity contribution in [3.8, 4) is 0 Å². The maximum absolute atomic E-state index is 13.1. The van der Waals surface area contributed by atoms with E-state index in [9.17, 15) is 4.79 Å². The topological polar surface area (TPSA) is 72.1 Å². The normalized spacial score (nSPS) is 11.1. The molecule has 4 aromatic rings. The Hall–Kier alpha value is -2.71. The molecule has 1 amide bonds. The fourth-order valence-corrected chi connectivity index (χ4v) is 4.79. The van der Waals surface area contributed by atoms with Crippen molar-refractivity contribution in [2.24, 2.45) is 0 Å². The van der Waals surface area contributed by atoms with Crippen LogP contribution < -0.4 is 4.90 Å². The zero-order valence-corrected chi connectivity index (χ0v) is 18.0. The lowest BCUT2D eigenvalue weighted by Crippen LogP contribution is -2.30. The van der Waals surface area contributed by atoms with Gasteiger partial charge in [0.15, 0.2) is 11.0 Å². The molecule has 0 bridgehead atoms. The van der Waals surface area contributed by atoms with Crippen LogP contribution in [0.2, 0.25) is 0 Å². The molecule has 29 heavy (non-hydrogen) atoms. The third-order valence-electron chi connectivity index (χ3n) is 4.43. The monoisotopic (exact) mass is 424 g/mol. The summed E-state index contributed by atoms with van der Waals surface area (Å²) in [5.74, 6) is 1.77. The van der Waals surface area contributed by atoms with Crippen LogP contribution in [-0.2, 0) is 5.75 Å². The Morgan fingerprint density at radius 2 is 1.93 bits per heavy atom. The van der Waals surface area contributed by atoms with Crippen LogP contribution >= 0.6 is 23.1 Å². The third kappa shape index (κ3) is 4.18. The van der Waals surface area contributed by atoms with Gasteiger partial charge < -0.3 is 4.52 Å². The Labute approximate surface area is 177 Å². The highest BCUT2D eigenvalue weighted by Crippen LogP contribution is 2.31. The molecule has 0 atom stereocenters. The molecule has 2 heterocycles. The van der Waals surface area contributed by atoms with Gasteiger partial charge in [0, 0.05) is 17.0 Å². The smallest absolute Gasteiger partial charge is 0.260 e. The zero-order valence-electron chi connectivity index (χ0n) is 16.4. The largest absolute Gasteiger partial charge is 0.338 e. The molecule has 2 aromatic carbocycles. The highest BCUT2D eigenvalue weighted by atomic mass is 32.2. The average Bonchev–Trinajstić information content (AvgIpc) is 3.34. The number of amides is 1. The molecular weight excluding hydrogens is 404 g/mol. The highest BCUT2D eigenvalue weighted by molar-refractivity contribution is 7.98. The molecule has 0 aliphatic carbocycles. The fraction of sp³-hybridized carbons (Fsp3) is 0.238. The lowest BCUT2D eigenvalue weighted by Gasteiger charge is -2.17. The minimum absolute atomic E-state index is 0.0479. The van der Waals surface area contributed by atoms with Gasteiger partial charge in [-0.05, 0) is 56.7 Å². The second-order valence-corrected chi connectivity index (χ2v) is 8.57. The maximum atomic E-state index is 13.1. The number of thioether (sulfide) groups is 1. The number of hydrogen-bond donors (Lipinski definition) is 0. The van der Waals surface area contributed by atoms with Crippen LogP contribution in [0.4, 0.5) is 5.13 Å². The molecule has 0 unspecified atom stereocenters. The summed E-state index contributed by atoms with van der Waals surface area (Å²) in [5.41, 5.74) is 2.72. The summed E-state index contributed by atoms with van der Waals surface area (Å²) in [7, 11) is 0. The molecule has 8 heteroatoms. The number of rotatable bonds is 6. The molecule has 148 valence electrons. The van der Waals surface area contributed by atoms with E-state index in [0.717, 1.165) is 25.8 Å². The van der Waals surface area contributed by atoms with Crippen molar-refractivity contribution >= 4 is 44.4 Å². The first kappa shape index (κ1) is 19.6.